The zero-order valence-corrected chi connectivity index (χ0v) is 17.6. The molecule has 1 amide bonds. The molecule has 0 bridgehead atoms. The summed E-state index contributed by atoms with van der Waals surface area (Å²) < 4.78 is 9.25. The van der Waals surface area contributed by atoms with Crippen molar-refractivity contribution < 1.29 is 9.53 Å². The Morgan fingerprint density at radius 2 is 1.93 bits per heavy atom. The van der Waals surface area contributed by atoms with Crippen LogP contribution in [-0.2, 0) is 25.5 Å². The highest BCUT2D eigenvalue weighted by Crippen LogP contribution is 2.21. The number of aromatic nitrogens is 5. The predicted molar refractivity (Wildman–Crippen MR) is 109 cm³/mol. The highest BCUT2D eigenvalue weighted by molar-refractivity contribution is 7.99. The van der Waals surface area contributed by atoms with Gasteiger partial charge in [0.1, 0.15) is 12.4 Å². The van der Waals surface area contributed by atoms with E-state index in [0.717, 1.165) is 17.1 Å². The molecular formula is C18H21ClN6O2S. The number of nitrogens with one attached hydrogen (secondary N) is 1. The third-order valence-corrected chi connectivity index (χ3v) is 5.48. The number of amides is 1. The van der Waals surface area contributed by atoms with E-state index in [0.29, 0.717) is 21.8 Å². The van der Waals surface area contributed by atoms with Crippen LogP contribution < -0.4 is 10.1 Å². The van der Waals surface area contributed by atoms with Gasteiger partial charge in [0.25, 0.3) is 0 Å². The number of benzene rings is 1. The van der Waals surface area contributed by atoms with Gasteiger partial charge in [-0.05, 0) is 38.1 Å². The van der Waals surface area contributed by atoms with E-state index < -0.39 is 0 Å². The highest BCUT2D eigenvalue weighted by atomic mass is 35.5. The molecule has 0 atom stereocenters. The molecule has 2 aromatic heterocycles. The second-order valence-electron chi connectivity index (χ2n) is 6.21. The Bertz CT molecular complexity index is 983. The lowest BCUT2D eigenvalue weighted by atomic mass is 10.3. The third-order valence-electron chi connectivity index (χ3n) is 4.21. The number of halogens is 1. The normalized spacial score (nSPS) is 10.9. The summed E-state index contributed by atoms with van der Waals surface area (Å²) in [6.45, 7) is 4.05. The first-order valence-corrected chi connectivity index (χ1v) is 9.91. The van der Waals surface area contributed by atoms with E-state index in [-0.39, 0.29) is 18.3 Å². The molecule has 1 N–H and O–H groups in total. The van der Waals surface area contributed by atoms with E-state index in [2.05, 4.69) is 20.6 Å². The van der Waals surface area contributed by atoms with Gasteiger partial charge in [-0.25, -0.2) is 0 Å². The number of thioether (sulfide) groups is 1. The summed E-state index contributed by atoms with van der Waals surface area (Å²) in [6, 6.07) is 7.11. The van der Waals surface area contributed by atoms with Gasteiger partial charge in [-0.1, -0.05) is 23.4 Å². The minimum absolute atomic E-state index is 0.119. The molecule has 0 aliphatic heterocycles. The maximum atomic E-state index is 12.3. The molecule has 0 radical (unpaired) electrons. The molecule has 0 saturated carbocycles. The highest BCUT2D eigenvalue weighted by Gasteiger charge is 2.15. The minimum atomic E-state index is -0.119. The van der Waals surface area contributed by atoms with Crippen molar-refractivity contribution in [2.75, 3.05) is 11.1 Å². The van der Waals surface area contributed by atoms with Gasteiger partial charge in [-0.2, -0.15) is 5.10 Å². The second kappa shape index (κ2) is 8.66. The summed E-state index contributed by atoms with van der Waals surface area (Å²) in [5.41, 5.74) is 2.46. The number of rotatable bonds is 7. The lowest BCUT2D eigenvalue weighted by Gasteiger charge is -2.07. The zero-order valence-electron chi connectivity index (χ0n) is 16.1. The lowest BCUT2D eigenvalue weighted by molar-refractivity contribution is -0.113. The molecular weight excluding hydrogens is 400 g/mol. The largest absolute Gasteiger partial charge is 0.486 e. The van der Waals surface area contributed by atoms with E-state index in [9.17, 15) is 4.79 Å². The number of ether oxygens (including phenoxy) is 1. The van der Waals surface area contributed by atoms with Crippen LogP contribution in [0, 0.1) is 13.8 Å². The monoisotopic (exact) mass is 420 g/mol. The topological polar surface area (TPSA) is 86.9 Å². The predicted octanol–water partition coefficient (Wildman–Crippen LogP) is 3.13. The molecule has 10 heteroatoms. The first-order valence-electron chi connectivity index (χ1n) is 8.54. The van der Waals surface area contributed by atoms with Crippen LogP contribution in [0.15, 0.2) is 29.4 Å². The van der Waals surface area contributed by atoms with E-state index in [1.54, 1.807) is 28.9 Å². The fourth-order valence-electron chi connectivity index (χ4n) is 2.54. The summed E-state index contributed by atoms with van der Waals surface area (Å²) >= 11 is 7.18. The number of hydrogen-bond acceptors (Lipinski definition) is 6. The number of hydrogen-bond donors (Lipinski definition) is 1. The molecule has 2 heterocycles. The lowest BCUT2D eigenvalue weighted by Crippen LogP contribution is -2.15. The minimum Gasteiger partial charge on any atom is -0.486 e. The third kappa shape index (κ3) is 4.66. The van der Waals surface area contributed by atoms with Crippen LogP contribution in [-0.4, -0.2) is 36.2 Å². The Labute approximate surface area is 172 Å². The standard InChI is InChI=1S/C18H21ClN6O2S/c1-11-17(12(2)25(4)23-11)20-16(26)10-28-18-22-21-15(24(18)3)9-27-14-7-5-13(19)6-8-14/h5-8H,9-10H2,1-4H3,(H,20,26). The molecule has 28 heavy (non-hydrogen) atoms. The Morgan fingerprint density at radius 1 is 1.21 bits per heavy atom. The number of carbonyl (C=O) groups is 1. The number of nitrogens with zero attached hydrogens (tertiary/aromatic N) is 5. The van der Waals surface area contributed by atoms with Crippen LogP contribution in [0.4, 0.5) is 5.69 Å². The molecule has 0 fully saturated rings. The van der Waals surface area contributed by atoms with Crippen molar-refractivity contribution in [3.05, 3.63) is 46.5 Å². The van der Waals surface area contributed by atoms with Gasteiger partial charge in [0.05, 0.1) is 22.8 Å². The quantitative estimate of drug-likeness (QED) is 0.591. The molecule has 1 aromatic carbocycles. The fraction of sp³-hybridized carbons (Fsp3) is 0.333. The maximum Gasteiger partial charge on any atom is 0.234 e. The second-order valence-corrected chi connectivity index (χ2v) is 7.59. The first-order chi connectivity index (χ1) is 13.3. The van der Waals surface area contributed by atoms with Gasteiger partial charge < -0.3 is 14.6 Å². The Morgan fingerprint density at radius 3 is 2.57 bits per heavy atom. The van der Waals surface area contributed by atoms with Crippen LogP contribution in [0.2, 0.25) is 5.02 Å². The Kier molecular flexibility index (Phi) is 6.25. The van der Waals surface area contributed by atoms with Gasteiger partial charge in [-0.15, -0.1) is 10.2 Å². The van der Waals surface area contributed by atoms with Crippen molar-refractivity contribution in [2.24, 2.45) is 14.1 Å². The molecule has 0 saturated heterocycles. The van der Waals surface area contributed by atoms with Gasteiger partial charge >= 0.3 is 0 Å². The van der Waals surface area contributed by atoms with Gasteiger partial charge in [0.2, 0.25) is 5.91 Å². The van der Waals surface area contributed by atoms with Crippen molar-refractivity contribution >= 4 is 35.0 Å². The van der Waals surface area contributed by atoms with Gasteiger partial charge in [-0.3, -0.25) is 9.48 Å². The van der Waals surface area contributed by atoms with Crippen molar-refractivity contribution in [1.29, 1.82) is 0 Å². The van der Waals surface area contributed by atoms with E-state index in [1.165, 1.54) is 11.8 Å². The first kappa shape index (κ1) is 20.2. The fourth-order valence-corrected chi connectivity index (χ4v) is 3.39. The van der Waals surface area contributed by atoms with E-state index in [1.807, 2.05) is 32.5 Å². The van der Waals surface area contributed by atoms with E-state index >= 15 is 0 Å². The van der Waals surface area contributed by atoms with Crippen LogP contribution in [0.3, 0.4) is 0 Å². The summed E-state index contributed by atoms with van der Waals surface area (Å²) in [7, 11) is 3.69. The van der Waals surface area contributed by atoms with Crippen molar-refractivity contribution in [2.45, 2.75) is 25.6 Å². The molecule has 0 spiro atoms. The summed E-state index contributed by atoms with van der Waals surface area (Å²) in [5.74, 6) is 1.46. The van der Waals surface area contributed by atoms with E-state index in [4.69, 9.17) is 16.3 Å². The maximum absolute atomic E-state index is 12.3. The smallest absolute Gasteiger partial charge is 0.234 e. The Balaban J connectivity index is 1.55. The molecule has 148 valence electrons. The van der Waals surface area contributed by atoms with Crippen LogP contribution in [0.25, 0.3) is 0 Å². The van der Waals surface area contributed by atoms with Gasteiger partial charge in [0, 0.05) is 19.1 Å². The molecule has 0 aliphatic rings. The average molecular weight is 421 g/mol. The van der Waals surface area contributed by atoms with Crippen LogP contribution in [0.1, 0.15) is 17.2 Å². The summed E-state index contributed by atoms with van der Waals surface area (Å²) in [5, 5.41) is 16.8. The summed E-state index contributed by atoms with van der Waals surface area (Å²) in [6.07, 6.45) is 0. The van der Waals surface area contributed by atoms with Crippen molar-refractivity contribution in [3.8, 4) is 5.75 Å². The molecule has 3 aromatic rings. The van der Waals surface area contributed by atoms with Crippen LogP contribution in [0.5, 0.6) is 5.75 Å². The average Bonchev–Trinajstić information content (AvgIpc) is 3.13. The molecule has 0 aliphatic carbocycles. The number of aryl methyl sites for hydroxylation is 2. The Hall–Kier alpha value is -2.52. The van der Waals surface area contributed by atoms with Gasteiger partial charge in [0.15, 0.2) is 11.0 Å². The van der Waals surface area contributed by atoms with Crippen molar-refractivity contribution in [1.82, 2.24) is 24.5 Å². The van der Waals surface area contributed by atoms with Crippen LogP contribution >= 0.6 is 23.4 Å². The number of carbonyl (C=O) groups excluding carboxylic acids is 1. The molecule has 3 rings (SSSR count). The zero-order chi connectivity index (χ0) is 20.3. The van der Waals surface area contributed by atoms with Crippen molar-refractivity contribution in [3.63, 3.8) is 0 Å². The molecule has 8 nitrogen and oxygen atoms in total. The number of anilines is 1. The molecule has 0 unspecified atom stereocenters. The SMILES string of the molecule is Cc1nn(C)c(C)c1NC(=O)CSc1nnc(COc2ccc(Cl)cc2)n1C. The summed E-state index contributed by atoms with van der Waals surface area (Å²) in [4.78, 5) is 12.3.